The van der Waals surface area contributed by atoms with Crippen LogP contribution < -0.4 is 4.90 Å². The Balaban J connectivity index is 1.89. The summed E-state index contributed by atoms with van der Waals surface area (Å²) in [5.41, 5.74) is 3.51. The van der Waals surface area contributed by atoms with Gasteiger partial charge < -0.3 is 4.90 Å². The van der Waals surface area contributed by atoms with Crippen molar-refractivity contribution < 1.29 is 13.2 Å². The minimum atomic E-state index is -3.62. The number of nitrogens with zero attached hydrogens (tertiary/aromatic N) is 2. The van der Waals surface area contributed by atoms with E-state index in [4.69, 9.17) is 0 Å². The third-order valence-corrected chi connectivity index (χ3v) is 7.04. The Bertz CT molecular complexity index is 954. The predicted octanol–water partition coefficient (Wildman–Crippen LogP) is 3.64. The van der Waals surface area contributed by atoms with Crippen molar-refractivity contribution in [2.45, 2.75) is 45.1 Å². The number of anilines is 1. The van der Waals surface area contributed by atoms with Crippen LogP contribution in [-0.4, -0.2) is 31.7 Å². The monoisotopic (exact) mass is 386 g/mol. The molecule has 0 unspecified atom stereocenters. The molecule has 0 aromatic heterocycles. The summed E-state index contributed by atoms with van der Waals surface area (Å²) in [6.45, 7) is 7.06. The highest BCUT2D eigenvalue weighted by molar-refractivity contribution is 7.89. The van der Waals surface area contributed by atoms with Gasteiger partial charge in [0, 0.05) is 31.7 Å². The van der Waals surface area contributed by atoms with Gasteiger partial charge >= 0.3 is 0 Å². The van der Waals surface area contributed by atoms with E-state index in [2.05, 4.69) is 0 Å². The number of amides is 1. The number of aryl methyl sites for hydroxylation is 2. The number of carbonyl (C=O) groups is 1. The third kappa shape index (κ3) is 4.06. The molecule has 0 bridgehead atoms. The van der Waals surface area contributed by atoms with Crippen LogP contribution in [0.4, 0.5) is 5.69 Å². The first-order valence-corrected chi connectivity index (χ1v) is 10.7. The summed E-state index contributed by atoms with van der Waals surface area (Å²) in [6.07, 6.45) is 1.40. The summed E-state index contributed by atoms with van der Waals surface area (Å²) in [5, 5.41) is 0. The molecule has 1 aliphatic rings. The van der Waals surface area contributed by atoms with Crippen LogP contribution in [0.5, 0.6) is 0 Å². The molecule has 0 atom stereocenters. The van der Waals surface area contributed by atoms with Crippen LogP contribution in [0.2, 0.25) is 0 Å². The number of sulfonamides is 1. The molecule has 1 aliphatic heterocycles. The molecule has 0 spiro atoms. The predicted molar refractivity (Wildman–Crippen MR) is 107 cm³/mol. The van der Waals surface area contributed by atoms with Crippen LogP contribution >= 0.6 is 0 Å². The first kappa shape index (κ1) is 19.6. The van der Waals surface area contributed by atoms with E-state index in [1.165, 1.54) is 4.31 Å². The lowest BCUT2D eigenvalue weighted by atomic mass is 10.1. The molecular weight excluding hydrogens is 360 g/mol. The molecule has 0 N–H and O–H groups in total. The largest absolute Gasteiger partial charge is 0.312 e. The van der Waals surface area contributed by atoms with Crippen molar-refractivity contribution in [2.75, 3.05) is 18.0 Å². The Labute approximate surface area is 161 Å². The number of hydrogen-bond acceptors (Lipinski definition) is 3. The van der Waals surface area contributed by atoms with E-state index >= 15 is 0 Å². The van der Waals surface area contributed by atoms with Crippen molar-refractivity contribution >= 4 is 21.6 Å². The molecule has 27 heavy (non-hydrogen) atoms. The van der Waals surface area contributed by atoms with Crippen molar-refractivity contribution in [3.05, 3.63) is 59.2 Å². The van der Waals surface area contributed by atoms with E-state index < -0.39 is 10.0 Å². The lowest BCUT2D eigenvalue weighted by Crippen LogP contribution is -2.31. The summed E-state index contributed by atoms with van der Waals surface area (Å²) in [7, 11) is -3.62. The van der Waals surface area contributed by atoms with E-state index in [1.807, 2.05) is 38.1 Å². The maximum atomic E-state index is 13.2. The Morgan fingerprint density at radius 1 is 1.11 bits per heavy atom. The standard InChI is InChI=1S/C21H26N2O3S/c1-4-22(15-18-8-5-7-16(2)13-18)27(25,26)20-11-10-19(14-17(20)3)23-12-6-9-21(23)24/h5,7-8,10-11,13-14H,4,6,9,12,15H2,1-3H3. The van der Waals surface area contributed by atoms with Crippen LogP contribution in [0, 0.1) is 13.8 Å². The van der Waals surface area contributed by atoms with Crippen molar-refractivity contribution in [2.24, 2.45) is 0 Å². The van der Waals surface area contributed by atoms with Crippen molar-refractivity contribution in [1.82, 2.24) is 4.31 Å². The lowest BCUT2D eigenvalue weighted by molar-refractivity contribution is -0.117. The van der Waals surface area contributed by atoms with Gasteiger partial charge in [0.2, 0.25) is 15.9 Å². The Hall–Kier alpha value is -2.18. The molecule has 0 radical (unpaired) electrons. The van der Waals surface area contributed by atoms with Crippen molar-refractivity contribution in [1.29, 1.82) is 0 Å². The Morgan fingerprint density at radius 3 is 2.48 bits per heavy atom. The maximum absolute atomic E-state index is 13.2. The first-order chi connectivity index (χ1) is 12.8. The second-order valence-electron chi connectivity index (χ2n) is 7.02. The van der Waals surface area contributed by atoms with Crippen molar-refractivity contribution in [3.8, 4) is 0 Å². The van der Waals surface area contributed by atoms with E-state index in [-0.39, 0.29) is 5.91 Å². The van der Waals surface area contributed by atoms with Crippen LogP contribution in [0.1, 0.15) is 36.5 Å². The molecule has 1 heterocycles. The average Bonchev–Trinajstić information content (AvgIpc) is 3.05. The van der Waals surface area contributed by atoms with E-state index in [1.54, 1.807) is 30.0 Å². The second kappa shape index (κ2) is 7.82. The lowest BCUT2D eigenvalue weighted by Gasteiger charge is -2.23. The Morgan fingerprint density at radius 2 is 1.89 bits per heavy atom. The quantitative estimate of drug-likeness (QED) is 0.762. The van der Waals surface area contributed by atoms with Crippen molar-refractivity contribution in [3.63, 3.8) is 0 Å². The van der Waals surface area contributed by atoms with Gasteiger partial charge in [0.15, 0.2) is 0 Å². The van der Waals surface area contributed by atoms with Gasteiger partial charge in [0.25, 0.3) is 0 Å². The molecule has 144 valence electrons. The Kier molecular flexibility index (Phi) is 5.67. The second-order valence-corrected chi connectivity index (χ2v) is 8.93. The minimum absolute atomic E-state index is 0.0969. The molecule has 2 aromatic rings. The van der Waals surface area contributed by atoms with Crippen LogP contribution in [0.25, 0.3) is 0 Å². The minimum Gasteiger partial charge on any atom is -0.312 e. The molecular formula is C21H26N2O3S. The zero-order chi connectivity index (χ0) is 19.6. The molecule has 1 saturated heterocycles. The first-order valence-electron chi connectivity index (χ1n) is 9.29. The van der Waals surface area contributed by atoms with Gasteiger partial charge in [-0.2, -0.15) is 4.31 Å². The number of rotatable bonds is 6. The molecule has 0 aliphatic carbocycles. The molecule has 2 aromatic carbocycles. The van der Waals surface area contributed by atoms with Crippen LogP contribution in [0.15, 0.2) is 47.4 Å². The molecule has 1 amide bonds. The van der Waals surface area contributed by atoms with Gasteiger partial charge in [-0.05, 0) is 49.6 Å². The van der Waals surface area contributed by atoms with Gasteiger partial charge in [-0.15, -0.1) is 0 Å². The summed E-state index contributed by atoms with van der Waals surface area (Å²) in [5.74, 6) is 0.0969. The zero-order valence-corrected chi connectivity index (χ0v) is 16.9. The van der Waals surface area contributed by atoms with Gasteiger partial charge in [0.1, 0.15) is 0 Å². The molecule has 0 saturated carbocycles. The normalized spacial score (nSPS) is 15.0. The van der Waals surface area contributed by atoms with Crippen LogP contribution in [-0.2, 0) is 21.4 Å². The highest BCUT2D eigenvalue weighted by atomic mass is 32.2. The van der Waals surface area contributed by atoms with Gasteiger partial charge in [-0.25, -0.2) is 8.42 Å². The summed E-state index contributed by atoms with van der Waals surface area (Å²) >= 11 is 0. The van der Waals surface area contributed by atoms with E-state index in [0.717, 1.165) is 23.2 Å². The molecule has 1 fully saturated rings. The van der Waals surface area contributed by atoms with Gasteiger partial charge in [0.05, 0.1) is 4.90 Å². The fraction of sp³-hybridized carbons (Fsp3) is 0.381. The number of hydrogen-bond donors (Lipinski definition) is 0. The van der Waals surface area contributed by atoms with Gasteiger partial charge in [-0.3, -0.25) is 4.79 Å². The highest BCUT2D eigenvalue weighted by Crippen LogP contribution is 2.28. The maximum Gasteiger partial charge on any atom is 0.243 e. The molecule has 6 heteroatoms. The molecule has 3 rings (SSSR count). The number of benzene rings is 2. The SMILES string of the molecule is CCN(Cc1cccc(C)c1)S(=O)(=O)c1ccc(N2CCCC2=O)cc1C. The third-order valence-electron chi connectivity index (χ3n) is 4.96. The average molecular weight is 387 g/mol. The number of carbonyl (C=O) groups excluding carboxylic acids is 1. The van der Waals surface area contributed by atoms with E-state index in [0.29, 0.717) is 36.5 Å². The van der Waals surface area contributed by atoms with Gasteiger partial charge in [-0.1, -0.05) is 36.8 Å². The zero-order valence-electron chi connectivity index (χ0n) is 16.1. The van der Waals surface area contributed by atoms with Crippen LogP contribution in [0.3, 0.4) is 0 Å². The molecule has 5 nitrogen and oxygen atoms in total. The summed E-state index contributed by atoms with van der Waals surface area (Å²) in [6, 6.07) is 13.1. The topological polar surface area (TPSA) is 57.7 Å². The smallest absolute Gasteiger partial charge is 0.243 e. The highest BCUT2D eigenvalue weighted by Gasteiger charge is 2.27. The summed E-state index contributed by atoms with van der Waals surface area (Å²) < 4.78 is 27.9. The fourth-order valence-electron chi connectivity index (χ4n) is 3.53. The van der Waals surface area contributed by atoms with E-state index in [9.17, 15) is 13.2 Å². The summed E-state index contributed by atoms with van der Waals surface area (Å²) in [4.78, 5) is 14.0. The fourth-order valence-corrected chi connectivity index (χ4v) is 5.17.